The quantitative estimate of drug-likeness (QED) is 0.746. The highest BCUT2D eigenvalue weighted by atomic mass is 35.5. The molecule has 1 saturated heterocycles. The van der Waals surface area contributed by atoms with Gasteiger partial charge in [-0.3, -0.25) is 0 Å². The summed E-state index contributed by atoms with van der Waals surface area (Å²) in [5, 5.41) is 8.50. The summed E-state index contributed by atoms with van der Waals surface area (Å²) in [5.41, 5.74) is 0.390. The number of rotatable bonds is 5. The molecule has 0 unspecified atom stereocenters. The second-order valence-corrected chi connectivity index (χ2v) is 8.99. The normalized spacial score (nSPS) is 20.0. The predicted octanol–water partition coefficient (Wildman–Crippen LogP) is 3.13. The number of aromatic nitrogens is 2. The van der Waals surface area contributed by atoms with Crippen LogP contribution in [-0.2, 0) is 22.0 Å². The first kappa shape index (κ1) is 16.7. The molecule has 1 fully saturated rings. The maximum absolute atomic E-state index is 13.7. The van der Waals surface area contributed by atoms with Crippen molar-refractivity contribution in [3.05, 3.63) is 40.5 Å². The molecule has 2 heterocycles. The fraction of sp³-hybridized carbons (Fsp3) is 0.429. The summed E-state index contributed by atoms with van der Waals surface area (Å²) in [6.45, 7) is 0. The highest BCUT2D eigenvalue weighted by Gasteiger charge is 2.29. The van der Waals surface area contributed by atoms with Crippen molar-refractivity contribution >= 4 is 33.2 Å². The average molecular weight is 377 g/mol. The molecule has 124 valence electrons. The Labute approximate surface area is 142 Å². The first-order valence-electron chi connectivity index (χ1n) is 7.01. The molecule has 0 aliphatic carbocycles. The smallest absolute Gasteiger partial charge is 0.276 e. The lowest BCUT2D eigenvalue weighted by molar-refractivity contribution is 0.389. The summed E-state index contributed by atoms with van der Waals surface area (Å²) in [6.07, 6.45) is 1.07. The predicted molar refractivity (Wildman–Crippen MR) is 85.7 cm³/mol. The van der Waals surface area contributed by atoms with E-state index in [2.05, 4.69) is 10.2 Å². The van der Waals surface area contributed by atoms with E-state index < -0.39 is 9.84 Å². The lowest BCUT2D eigenvalue weighted by Crippen LogP contribution is -2.07. The topological polar surface area (TPSA) is 73.1 Å². The van der Waals surface area contributed by atoms with Crippen LogP contribution in [-0.4, -0.2) is 30.1 Å². The molecule has 0 spiro atoms. The SMILES string of the molecule is O=S1(=O)CC[C@H](Cc2nnc(SCc3c(F)cccc3Cl)o2)C1. The fourth-order valence-corrected chi connectivity index (χ4v) is 5.45. The highest BCUT2D eigenvalue weighted by molar-refractivity contribution is 7.98. The van der Waals surface area contributed by atoms with E-state index in [4.69, 9.17) is 16.0 Å². The fourth-order valence-electron chi connectivity index (χ4n) is 2.46. The molecule has 0 N–H and O–H groups in total. The molecule has 5 nitrogen and oxygen atoms in total. The number of halogens is 2. The maximum atomic E-state index is 13.7. The van der Waals surface area contributed by atoms with Gasteiger partial charge in [-0.1, -0.05) is 29.4 Å². The third kappa shape index (κ3) is 4.24. The van der Waals surface area contributed by atoms with Crippen molar-refractivity contribution in [2.45, 2.75) is 23.8 Å². The summed E-state index contributed by atoms with van der Waals surface area (Å²) in [5.74, 6) is 0.738. The van der Waals surface area contributed by atoms with Gasteiger partial charge >= 0.3 is 0 Å². The lowest BCUT2D eigenvalue weighted by Gasteiger charge is -2.03. The molecule has 0 saturated carbocycles. The van der Waals surface area contributed by atoms with Crippen molar-refractivity contribution in [2.75, 3.05) is 11.5 Å². The molecule has 2 aromatic rings. The van der Waals surface area contributed by atoms with Crippen LogP contribution in [0.25, 0.3) is 0 Å². The average Bonchev–Trinajstić information content (AvgIpc) is 3.05. The summed E-state index contributed by atoms with van der Waals surface area (Å²) in [6, 6.07) is 4.52. The Balaban J connectivity index is 1.60. The molecular weight excluding hydrogens is 363 g/mol. The second kappa shape index (κ2) is 6.78. The van der Waals surface area contributed by atoms with Gasteiger partial charge in [0.2, 0.25) is 5.89 Å². The number of hydrogen-bond acceptors (Lipinski definition) is 6. The maximum Gasteiger partial charge on any atom is 0.276 e. The van der Waals surface area contributed by atoms with Crippen LogP contribution in [0.5, 0.6) is 0 Å². The Morgan fingerprint density at radius 1 is 1.39 bits per heavy atom. The summed E-state index contributed by atoms with van der Waals surface area (Å²) >= 11 is 7.16. The number of benzene rings is 1. The second-order valence-electron chi connectivity index (χ2n) is 5.42. The number of thioether (sulfide) groups is 1. The van der Waals surface area contributed by atoms with Crippen LogP contribution < -0.4 is 0 Å². The molecule has 23 heavy (non-hydrogen) atoms. The van der Waals surface area contributed by atoms with E-state index in [0.717, 1.165) is 0 Å². The molecule has 1 aliphatic rings. The van der Waals surface area contributed by atoms with Crippen molar-refractivity contribution in [3.63, 3.8) is 0 Å². The molecular formula is C14H14ClFN2O3S2. The van der Waals surface area contributed by atoms with Gasteiger partial charge in [-0.25, -0.2) is 12.8 Å². The van der Waals surface area contributed by atoms with Crippen LogP contribution >= 0.6 is 23.4 Å². The zero-order chi connectivity index (χ0) is 16.4. The number of sulfone groups is 1. The summed E-state index contributed by atoms with van der Waals surface area (Å²) in [4.78, 5) is 0. The zero-order valence-electron chi connectivity index (χ0n) is 12.0. The Morgan fingerprint density at radius 2 is 2.22 bits per heavy atom. The van der Waals surface area contributed by atoms with E-state index in [-0.39, 0.29) is 29.0 Å². The Bertz CT molecular complexity index is 790. The minimum Gasteiger partial charge on any atom is -0.416 e. The van der Waals surface area contributed by atoms with Gasteiger partial charge in [0.1, 0.15) is 5.82 Å². The van der Waals surface area contributed by atoms with Gasteiger partial charge < -0.3 is 4.42 Å². The standard InChI is InChI=1S/C14H14ClFN2O3S2/c15-11-2-1-3-12(16)10(11)7-22-14-18-17-13(21-14)6-9-4-5-23(19,20)8-9/h1-3,9H,4-8H2/t9-/m1/s1. The largest absolute Gasteiger partial charge is 0.416 e. The Kier molecular flexibility index (Phi) is 4.93. The van der Waals surface area contributed by atoms with Gasteiger partial charge in [0, 0.05) is 22.8 Å². The van der Waals surface area contributed by atoms with E-state index in [1.807, 2.05) is 0 Å². The highest BCUT2D eigenvalue weighted by Crippen LogP contribution is 2.29. The molecule has 0 radical (unpaired) electrons. The molecule has 0 amide bonds. The van der Waals surface area contributed by atoms with Gasteiger partial charge in [0.15, 0.2) is 9.84 Å². The molecule has 9 heteroatoms. The van der Waals surface area contributed by atoms with Crippen molar-refractivity contribution in [1.82, 2.24) is 10.2 Å². The lowest BCUT2D eigenvalue weighted by atomic mass is 10.1. The van der Waals surface area contributed by atoms with E-state index >= 15 is 0 Å². The third-order valence-electron chi connectivity index (χ3n) is 3.64. The Morgan fingerprint density at radius 3 is 2.91 bits per heavy atom. The van der Waals surface area contributed by atoms with E-state index in [9.17, 15) is 12.8 Å². The van der Waals surface area contributed by atoms with Gasteiger partial charge in [-0.2, -0.15) is 0 Å². The number of hydrogen-bond donors (Lipinski definition) is 0. The van der Waals surface area contributed by atoms with Crippen LogP contribution in [0.15, 0.2) is 27.8 Å². The minimum atomic E-state index is -2.92. The van der Waals surface area contributed by atoms with Crippen molar-refractivity contribution in [3.8, 4) is 0 Å². The molecule has 0 bridgehead atoms. The van der Waals surface area contributed by atoms with Crippen LogP contribution in [0.1, 0.15) is 17.9 Å². The summed E-state index contributed by atoms with van der Waals surface area (Å²) in [7, 11) is -2.92. The van der Waals surface area contributed by atoms with Gasteiger partial charge in [0.25, 0.3) is 5.22 Å². The zero-order valence-corrected chi connectivity index (χ0v) is 14.4. The molecule has 1 atom stereocenters. The molecule has 3 rings (SSSR count). The number of nitrogens with zero attached hydrogens (tertiary/aromatic N) is 2. The van der Waals surface area contributed by atoms with E-state index in [1.165, 1.54) is 17.8 Å². The van der Waals surface area contributed by atoms with Gasteiger partial charge in [0.05, 0.1) is 11.5 Å². The third-order valence-corrected chi connectivity index (χ3v) is 6.68. The van der Waals surface area contributed by atoms with Crippen LogP contribution in [0, 0.1) is 11.7 Å². The monoisotopic (exact) mass is 376 g/mol. The summed E-state index contributed by atoms with van der Waals surface area (Å²) < 4.78 is 42.1. The Hall–Kier alpha value is -1.12. The van der Waals surface area contributed by atoms with Crippen LogP contribution in [0.2, 0.25) is 5.02 Å². The first-order valence-corrected chi connectivity index (χ1v) is 10.2. The van der Waals surface area contributed by atoms with Gasteiger partial charge in [-0.05, 0) is 24.5 Å². The van der Waals surface area contributed by atoms with E-state index in [0.29, 0.717) is 34.5 Å². The molecule has 1 aromatic heterocycles. The van der Waals surface area contributed by atoms with Crippen molar-refractivity contribution < 1.29 is 17.2 Å². The molecule has 1 aliphatic heterocycles. The van der Waals surface area contributed by atoms with Crippen molar-refractivity contribution in [1.29, 1.82) is 0 Å². The van der Waals surface area contributed by atoms with Crippen molar-refractivity contribution in [2.24, 2.45) is 5.92 Å². The minimum absolute atomic E-state index is 0.0271. The molecule has 1 aromatic carbocycles. The van der Waals surface area contributed by atoms with Crippen LogP contribution in [0.3, 0.4) is 0 Å². The van der Waals surface area contributed by atoms with Crippen LogP contribution in [0.4, 0.5) is 4.39 Å². The van der Waals surface area contributed by atoms with E-state index in [1.54, 1.807) is 12.1 Å². The van der Waals surface area contributed by atoms with Gasteiger partial charge in [-0.15, -0.1) is 10.2 Å². The first-order chi connectivity index (χ1) is 10.9.